The zero-order chi connectivity index (χ0) is 13.0. The number of hydrogen-bond donors (Lipinski definition) is 2. The number of carbonyl (C=O) groups is 1. The van der Waals surface area contributed by atoms with Crippen molar-refractivity contribution in [2.24, 2.45) is 5.92 Å². The molecule has 0 radical (unpaired) electrons. The van der Waals surface area contributed by atoms with Gasteiger partial charge in [-0.15, -0.1) is 0 Å². The quantitative estimate of drug-likeness (QED) is 0.854. The predicted molar refractivity (Wildman–Crippen MR) is 75.4 cm³/mol. The molecule has 0 heterocycles. The van der Waals surface area contributed by atoms with Crippen LogP contribution < -0.4 is 10.6 Å². The molecule has 0 aromatic heterocycles. The molecule has 0 unspecified atom stereocenters. The van der Waals surface area contributed by atoms with Crippen LogP contribution in [0.15, 0.2) is 18.2 Å². The lowest BCUT2D eigenvalue weighted by atomic mass is 10.1. The predicted octanol–water partition coefficient (Wildman–Crippen LogP) is 4.31. The monoisotopic (exact) mass is 286 g/mol. The smallest absolute Gasteiger partial charge is 0.319 e. The Bertz CT molecular complexity index is 411. The van der Waals surface area contributed by atoms with Crippen molar-refractivity contribution >= 4 is 34.9 Å². The molecule has 2 N–H and O–H groups in total. The van der Waals surface area contributed by atoms with E-state index >= 15 is 0 Å². The van der Waals surface area contributed by atoms with E-state index in [-0.39, 0.29) is 6.03 Å². The Hall–Kier alpha value is -0.930. The van der Waals surface area contributed by atoms with Crippen LogP contribution in [-0.2, 0) is 0 Å². The van der Waals surface area contributed by atoms with Gasteiger partial charge in [0.15, 0.2) is 0 Å². The van der Waals surface area contributed by atoms with Gasteiger partial charge in [0, 0.05) is 6.54 Å². The molecule has 1 aliphatic carbocycles. The fourth-order valence-corrected chi connectivity index (χ4v) is 2.72. The average Bonchev–Trinajstić information content (AvgIpc) is 2.84. The molecule has 0 atom stereocenters. The minimum Gasteiger partial charge on any atom is -0.338 e. The Kier molecular flexibility index (Phi) is 4.72. The molecular formula is C13H16Cl2N2O. The number of para-hydroxylation sites is 1. The van der Waals surface area contributed by atoms with Gasteiger partial charge in [-0.2, -0.15) is 0 Å². The van der Waals surface area contributed by atoms with E-state index in [0.717, 1.165) is 0 Å². The molecule has 98 valence electrons. The van der Waals surface area contributed by atoms with Gasteiger partial charge < -0.3 is 10.6 Å². The number of anilines is 1. The van der Waals surface area contributed by atoms with Crippen molar-refractivity contribution in [2.45, 2.75) is 25.7 Å². The van der Waals surface area contributed by atoms with Gasteiger partial charge in [0.2, 0.25) is 0 Å². The van der Waals surface area contributed by atoms with E-state index in [0.29, 0.717) is 28.2 Å². The Balaban J connectivity index is 1.86. The van der Waals surface area contributed by atoms with Crippen molar-refractivity contribution in [3.8, 4) is 0 Å². The third-order valence-electron chi connectivity index (χ3n) is 3.23. The molecule has 1 fully saturated rings. The van der Waals surface area contributed by atoms with Crippen LogP contribution in [0.1, 0.15) is 25.7 Å². The van der Waals surface area contributed by atoms with Crippen LogP contribution in [0.4, 0.5) is 10.5 Å². The summed E-state index contributed by atoms with van der Waals surface area (Å²) < 4.78 is 0. The molecule has 0 saturated heterocycles. The number of carbonyl (C=O) groups excluding carboxylic acids is 1. The lowest BCUT2D eigenvalue weighted by Crippen LogP contribution is -2.32. The SMILES string of the molecule is O=C(NCC1CCCC1)Nc1c(Cl)cccc1Cl. The Morgan fingerprint density at radius 1 is 1.22 bits per heavy atom. The van der Waals surface area contributed by atoms with Crippen LogP contribution in [0.3, 0.4) is 0 Å². The maximum Gasteiger partial charge on any atom is 0.319 e. The minimum atomic E-state index is -0.253. The van der Waals surface area contributed by atoms with E-state index < -0.39 is 0 Å². The number of nitrogens with one attached hydrogen (secondary N) is 2. The second-order valence-corrected chi connectivity index (χ2v) is 5.40. The van der Waals surface area contributed by atoms with E-state index in [1.54, 1.807) is 18.2 Å². The highest BCUT2D eigenvalue weighted by Gasteiger charge is 2.16. The fourth-order valence-electron chi connectivity index (χ4n) is 2.23. The first-order valence-electron chi connectivity index (χ1n) is 6.15. The first-order valence-corrected chi connectivity index (χ1v) is 6.91. The van der Waals surface area contributed by atoms with Crippen molar-refractivity contribution in [2.75, 3.05) is 11.9 Å². The summed E-state index contributed by atoms with van der Waals surface area (Å²) >= 11 is 11.9. The van der Waals surface area contributed by atoms with Crippen molar-refractivity contribution < 1.29 is 4.79 Å². The molecule has 3 nitrogen and oxygen atoms in total. The molecule has 0 spiro atoms. The van der Waals surface area contributed by atoms with E-state index in [2.05, 4.69) is 10.6 Å². The lowest BCUT2D eigenvalue weighted by Gasteiger charge is -2.13. The first kappa shape index (κ1) is 13.5. The van der Waals surface area contributed by atoms with Crippen LogP contribution in [-0.4, -0.2) is 12.6 Å². The third kappa shape index (κ3) is 3.53. The molecule has 5 heteroatoms. The molecule has 0 aliphatic heterocycles. The number of urea groups is 1. The second-order valence-electron chi connectivity index (χ2n) is 4.58. The van der Waals surface area contributed by atoms with Gasteiger partial charge in [0.1, 0.15) is 0 Å². The Morgan fingerprint density at radius 2 is 1.83 bits per heavy atom. The van der Waals surface area contributed by atoms with Crippen molar-refractivity contribution in [1.82, 2.24) is 5.32 Å². The van der Waals surface area contributed by atoms with Gasteiger partial charge >= 0.3 is 6.03 Å². The molecule has 1 aromatic rings. The van der Waals surface area contributed by atoms with Crippen molar-refractivity contribution in [3.05, 3.63) is 28.2 Å². The highest BCUT2D eigenvalue weighted by atomic mass is 35.5. The van der Waals surface area contributed by atoms with Gasteiger partial charge in [-0.1, -0.05) is 42.1 Å². The number of benzene rings is 1. The highest BCUT2D eigenvalue weighted by molar-refractivity contribution is 6.39. The van der Waals surface area contributed by atoms with Crippen molar-refractivity contribution in [1.29, 1.82) is 0 Å². The van der Waals surface area contributed by atoms with Gasteiger partial charge in [-0.05, 0) is 30.9 Å². The van der Waals surface area contributed by atoms with Crippen LogP contribution in [0.5, 0.6) is 0 Å². The van der Waals surface area contributed by atoms with E-state index in [9.17, 15) is 4.79 Å². The Morgan fingerprint density at radius 3 is 2.44 bits per heavy atom. The number of hydrogen-bond acceptors (Lipinski definition) is 1. The summed E-state index contributed by atoms with van der Waals surface area (Å²) in [4.78, 5) is 11.7. The van der Waals surface area contributed by atoms with Gasteiger partial charge in [-0.25, -0.2) is 4.79 Å². The molecule has 2 amide bonds. The summed E-state index contributed by atoms with van der Waals surface area (Å²) in [5, 5.41) is 6.43. The third-order valence-corrected chi connectivity index (χ3v) is 3.86. The summed E-state index contributed by atoms with van der Waals surface area (Å²) in [6.45, 7) is 0.716. The maximum atomic E-state index is 11.7. The minimum absolute atomic E-state index is 0.253. The Labute approximate surface area is 117 Å². The normalized spacial score (nSPS) is 15.7. The first-order chi connectivity index (χ1) is 8.66. The summed E-state index contributed by atoms with van der Waals surface area (Å²) in [7, 11) is 0. The molecule has 1 aliphatic rings. The van der Waals surface area contributed by atoms with Crippen LogP contribution >= 0.6 is 23.2 Å². The van der Waals surface area contributed by atoms with Gasteiger partial charge in [-0.3, -0.25) is 0 Å². The summed E-state index contributed by atoms with van der Waals surface area (Å²) in [6.07, 6.45) is 4.94. The standard InChI is InChI=1S/C13H16Cl2N2O/c14-10-6-3-7-11(15)12(10)17-13(18)16-8-9-4-1-2-5-9/h3,6-7,9H,1-2,4-5,8H2,(H2,16,17,18). The zero-order valence-corrected chi connectivity index (χ0v) is 11.5. The van der Waals surface area contributed by atoms with Crippen molar-refractivity contribution in [3.63, 3.8) is 0 Å². The average molecular weight is 287 g/mol. The topological polar surface area (TPSA) is 41.1 Å². The summed E-state index contributed by atoms with van der Waals surface area (Å²) in [5.41, 5.74) is 0.463. The molecule has 2 rings (SSSR count). The summed E-state index contributed by atoms with van der Waals surface area (Å²) in [6, 6.07) is 4.88. The van der Waals surface area contributed by atoms with Gasteiger partial charge in [0.25, 0.3) is 0 Å². The number of halogens is 2. The van der Waals surface area contributed by atoms with Crippen LogP contribution in [0.2, 0.25) is 10.0 Å². The number of amides is 2. The fraction of sp³-hybridized carbons (Fsp3) is 0.462. The zero-order valence-electron chi connectivity index (χ0n) is 10.0. The number of rotatable bonds is 3. The van der Waals surface area contributed by atoms with Gasteiger partial charge in [0.05, 0.1) is 15.7 Å². The summed E-state index contributed by atoms with van der Waals surface area (Å²) in [5.74, 6) is 0.609. The lowest BCUT2D eigenvalue weighted by molar-refractivity contribution is 0.250. The van der Waals surface area contributed by atoms with Crippen LogP contribution in [0, 0.1) is 5.92 Å². The molecule has 1 saturated carbocycles. The van der Waals surface area contributed by atoms with E-state index in [4.69, 9.17) is 23.2 Å². The molecule has 18 heavy (non-hydrogen) atoms. The maximum absolute atomic E-state index is 11.7. The largest absolute Gasteiger partial charge is 0.338 e. The highest BCUT2D eigenvalue weighted by Crippen LogP contribution is 2.29. The molecule has 0 bridgehead atoms. The molecular weight excluding hydrogens is 271 g/mol. The van der Waals surface area contributed by atoms with E-state index in [1.807, 2.05) is 0 Å². The van der Waals surface area contributed by atoms with Crippen LogP contribution in [0.25, 0.3) is 0 Å². The molecule has 1 aromatic carbocycles. The second kappa shape index (κ2) is 6.30. The van der Waals surface area contributed by atoms with E-state index in [1.165, 1.54) is 25.7 Å².